The van der Waals surface area contributed by atoms with Crippen molar-refractivity contribution in [3.05, 3.63) is 54.9 Å². The molecule has 1 atom stereocenters. The summed E-state index contributed by atoms with van der Waals surface area (Å²) in [7, 11) is 0. The third-order valence-corrected chi connectivity index (χ3v) is 5.34. The van der Waals surface area contributed by atoms with Crippen molar-refractivity contribution in [3.63, 3.8) is 0 Å². The van der Waals surface area contributed by atoms with Crippen LogP contribution in [0.1, 0.15) is 29.0 Å². The molecule has 0 aliphatic rings. The number of hydrogen-bond donors (Lipinski definition) is 1. The Morgan fingerprint density at radius 1 is 1.40 bits per heavy atom. The van der Waals surface area contributed by atoms with Gasteiger partial charge in [-0.3, -0.25) is 0 Å². The lowest BCUT2D eigenvalue weighted by Gasteiger charge is -2.17. The molecule has 5 heteroatoms. The summed E-state index contributed by atoms with van der Waals surface area (Å²) in [5, 5.41) is 6.30. The summed E-state index contributed by atoms with van der Waals surface area (Å²) in [6, 6.07) is 5.10. The number of halogens is 3. The SMILES string of the molecule is CCNC(Cc1cc(F)cc(Br)c1)c1scc(C)c1Cl. The van der Waals surface area contributed by atoms with Gasteiger partial charge in [0.05, 0.1) is 5.02 Å². The van der Waals surface area contributed by atoms with E-state index in [0.717, 1.165) is 32.0 Å². The van der Waals surface area contributed by atoms with E-state index in [1.54, 1.807) is 17.4 Å². The second-order valence-corrected chi connectivity index (χ2v) is 6.89. The van der Waals surface area contributed by atoms with Crippen molar-refractivity contribution in [1.29, 1.82) is 0 Å². The first-order valence-electron chi connectivity index (χ1n) is 6.43. The predicted molar refractivity (Wildman–Crippen MR) is 88.3 cm³/mol. The zero-order valence-electron chi connectivity index (χ0n) is 11.3. The number of thiophene rings is 1. The third-order valence-electron chi connectivity index (χ3n) is 3.05. The molecular weight excluding hydrogens is 361 g/mol. The van der Waals surface area contributed by atoms with Crippen LogP contribution in [0.2, 0.25) is 5.02 Å². The van der Waals surface area contributed by atoms with Crippen LogP contribution < -0.4 is 5.32 Å². The van der Waals surface area contributed by atoms with E-state index in [1.165, 1.54) is 6.07 Å². The Morgan fingerprint density at radius 2 is 2.15 bits per heavy atom. The number of nitrogens with one attached hydrogen (secondary N) is 1. The Bertz CT molecular complexity index is 579. The minimum atomic E-state index is -0.224. The van der Waals surface area contributed by atoms with Crippen LogP contribution in [-0.2, 0) is 6.42 Å². The molecule has 0 aliphatic heterocycles. The van der Waals surface area contributed by atoms with Crippen molar-refractivity contribution >= 4 is 38.9 Å². The molecule has 0 spiro atoms. The molecule has 1 unspecified atom stereocenters. The van der Waals surface area contributed by atoms with Crippen LogP contribution in [0.4, 0.5) is 4.39 Å². The molecular formula is C15H16BrClFNS. The van der Waals surface area contributed by atoms with E-state index >= 15 is 0 Å². The molecule has 1 aromatic carbocycles. The highest BCUT2D eigenvalue weighted by atomic mass is 79.9. The topological polar surface area (TPSA) is 12.0 Å². The van der Waals surface area contributed by atoms with E-state index in [9.17, 15) is 4.39 Å². The van der Waals surface area contributed by atoms with E-state index in [1.807, 2.05) is 13.0 Å². The molecule has 0 fully saturated rings. The zero-order valence-corrected chi connectivity index (χ0v) is 14.5. The maximum atomic E-state index is 13.5. The monoisotopic (exact) mass is 375 g/mol. The Hall–Kier alpha value is -0.420. The molecule has 2 aromatic rings. The summed E-state index contributed by atoms with van der Waals surface area (Å²) in [6.07, 6.45) is 0.712. The summed E-state index contributed by atoms with van der Waals surface area (Å²) in [5.74, 6) is -0.224. The molecule has 0 bridgehead atoms. The lowest BCUT2D eigenvalue weighted by atomic mass is 10.0. The van der Waals surface area contributed by atoms with Crippen LogP contribution >= 0.6 is 38.9 Å². The zero-order chi connectivity index (χ0) is 14.7. The minimum absolute atomic E-state index is 0.111. The molecule has 1 aromatic heterocycles. The minimum Gasteiger partial charge on any atom is -0.309 e. The average Bonchev–Trinajstić information content (AvgIpc) is 2.68. The van der Waals surface area contributed by atoms with E-state index in [4.69, 9.17) is 11.6 Å². The number of hydrogen-bond acceptors (Lipinski definition) is 2. The number of likely N-dealkylation sites (N-methyl/N-ethyl adjacent to an activating group) is 1. The fourth-order valence-electron chi connectivity index (χ4n) is 2.15. The first kappa shape index (κ1) is 16.0. The highest BCUT2D eigenvalue weighted by Gasteiger charge is 2.18. The van der Waals surface area contributed by atoms with Gasteiger partial charge in [-0.15, -0.1) is 11.3 Å². The second-order valence-electron chi connectivity index (χ2n) is 4.69. The quantitative estimate of drug-likeness (QED) is 0.726. The van der Waals surface area contributed by atoms with Gasteiger partial charge in [0.25, 0.3) is 0 Å². The van der Waals surface area contributed by atoms with Crippen molar-refractivity contribution in [1.82, 2.24) is 5.32 Å². The number of aryl methyl sites for hydroxylation is 1. The maximum Gasteiger partial charge on any atom is 0.124 e. The molecule has 108 valence electrons. The van der Waals surface area contributed by atoms with Gasteiger partial charge in [-0.05, 0) is 54.6 Å². The number of rotatable bonds is 5. The molecule has 2 rings (SSSR count). The van der Waals surface area contributed by atoms with Crippen molar-refractivity contribution in [3.8, 4) is 0 Å². The number of benzene rings is 1. The van der Waals surface area contributed by atoms with Gasteiger partial charge in [-0.1, -0.05) is 34.5 Å². The molecule has 0 saturated carbocycles. The second kappa shape index (κ2) is 7.03. The van der Waals surface area contributed by atoms with Crippen LogP contribution in [0.5, 0.6) is 0 Å². The highest BCUT2D eigenvalue weighted by molar-refractivity contribution is 9.10. The van der Waals surface area contributed by atoms with Gasteiger partial charge in [0.2, 0.25) is 0 Å². The van der Waals surface area contributed by atoms with E-state index in [2.05, 4.69) is 33.6 Å². The summed E-state index contributed by atoms with van der Waals surface area (Å²) in [5.41, 5.74) is 2.04. The van der Waals surface area contributed by atoms with Crippen molar-refractivity contribution in [2.45, 2.75) is 26.3 Å². The highest BCUT2D eigenvalue weighted by Crippen LogP contribution is 2.34. The molecule has 1 N–H and O–H groups in total. The maximum absolute atomic E-state index is 13.5. The van der Waals surface area contributed by atoms with Gasteiger partial charge >= 0.3 is 0 Å². The first-order valence-corrected chi connectivity index (χ1v) is 8.48. The molecule has 1 nitrogen and oxygen atoms in total. The lowest BCUT2D eigenvalue weighted by molar-refractivity contribution is 0.554. The molecule has 0 aliphatic carbocycles. The van der Waals surface area contributed by atoms with E-state index < -0.39 is 0 Å². The summed E-state index contributed by atoms with van der Waals surface area (Å²) < 4.78 is 14.2. The van der Waals surface area contributed by atoms with Gasteiger partial charge < -0.3 is 5.32 Å². The van der Waals surface area contributed by atoms with E-state index in [0.29, 0.717) is 6.42 Å². The molecule has 0 saturated heterocycles. The van der Waals surface area contributed by atoms with Gasteiger partial charge in [0.1, 0.15) is 5.82 Å². The molecule has 0 amide bonds. The third kappa shape index (κ3) is 3.82. The van der Waals surface area contributed by atoms with Gasteiger partial charge in [0, 0.05) is 15.4 Å². The summed E-state index contributed by atoms with van der Waals surface area (Å²) in [6.45, 7) is 4.90. The van der Waals surface area contributed by atoms with Crippen LogP contribution in [0.25, 0.3) is 0 Å². The Labute approximate surface area is 136 Å². The Balaban J connectivity index is 2.27. The Kier molecular flexibility index (Phi) is 5.61. The van der Waals surface area contributed by atoms with Crippen molar-refractivity contribution in [2.75, 3.05) is 6.54 Å². The Morgan fingerprint density at radius 3 is 2.70 bits per heavy atom. The smallest absolute Gasteiger partial charge is 0.124 e. The first-order chi connectivity index (χ1) is 9.51. The standard InChI is InChI=1S/C15H16BrClFNS/c1-3-19-13(15-14(17)9(2)8-20-15)6-10-4-11(16)7-12(18)5-10/h4-5,7-8,13,19H,3,6H2,1-2H3. The summed E-state index contributed by atoms with van der Waals surface area (Å²) >= 11 is 11.3. The van der Waals surface area contributed by atoms with Crippen molar-refractivity contribution in [2.24, 2.45) is 0 Å². The van der Waals surface area contributed by atoms with Crippen LogP contribution in [0.15, 0.2) is 28.1 Å². The van der Waals surface area contributed by atoms with Crippen LogP contribution in [-0.4, -0.2) is 6.54 Å². The van der Waals surface area contributed by atoms with Gasteiger partial charge in [-0.25, -0.2) is 4.39 Å². The average molecular weight is 377 g/mol. The van der Waals surface area contributed by atoms with Crippen LogP contribution in [0.3, 0.4) is 0 Å². The van der Waals surface area contributed by atoms with E-state index in [-0.39, 0.29) is 11.9 Å². The molecule has 0 radical (unpaired) electrons. The fourth-order valence-corrected chi connectivity index (χ4v) is 4.07. The predicted octanol–water partition coefficient (Wildman–Crippen LogP) is 5.50. The summed E-state index contributed by atoms with van der Waals surface area (Å²) in [4.78, 5) is 1.12. The fraction of sp³-hybridized carbons (Fsp3) is 0.333. The van der Waals surface area contributed by atoms with Crippen LogP contribution in [0, 0.1) is 12.7 Å². The largest absolute Gasteiger partial charge is 0.309 e. The van der Waals surface area contributed by atoms with Gasteiger partial charge in [0.15, 0.2) is 0 Å². The van der Waals surface area contributed by atoms with Gasteiger partial charge in [-0.2, -0.15) is 0 Å². The normalized spacial score (nSPS) is 12.7. The van der Waals surface area contributed by atoms with Crippen molar-refractivity contribution < 1.29 is 4.39 Å². The lowest BCUT2D eigenvalue weighted by Crippen LogP contribution is -2.22. The molecule has 1 heterocycles. The molecule has 20 heavy (non-hydrogen) atoms.